The summed E-state index contributed by atoms with van der Waals surface area (Å²) in [5, 5.41) is 0.729. The molecule has 0 saturated carbocycles. The largest absolute Gasteiger partial charge is 0.338 e. The molecule has 0 spiro atoms. The molecule has 9 heteroatoms. The Morgan fingerprint density at radius 2 is 1.82 bits per heavy atom. The fourth-order valence-electron chi connectivity index (χ4n) is 3.50. The highest BCUT2D eigenvalue weighted by atomic mass is 32.2. The normalized spacial score (nSPS) is 12.9. The molecule has 0 aliphatic carbocycles. The number of imidazole rings is 1. The van der Waals surface area contributed by atoms with E-state index in [4.69, 9.17) is 4.98 Å². The number of hydrogen-bond donors (Lipinski definition) is 0. The topological polar surface area (TPSA) is 75.5 Å². The second-order valence-corrected chi connectivity index (χ2v) is 11.3. The van der Waals surface area contributed by atoms with Crippen LogP contribution in [0.2, 0.25) is 0 Å². The van der Waals surface area contributed by atoms with Crippen LogP contribution in [-0.4, -0.2) is 60.0 Å². The van der Waals surface area contributed by atoms with Crippen molar-refractivity contribution >= 4 is 38.7 Å². The molecule has 3 aromatic rings. The van der Waals surface area contributed by atoms with Crippen molar-refractivity contribution in [2.45, 2.75) is 49.3 Å². The second kappa shape index (κ2) is 10.7. The Morgan fingerprint density at radius 1 is 1.12 bits per heavy atom. The maximum absolute atomic E-state index is 12.9. The standard InChI is InChI=1S/C24H32N4O3S2/c1-6-7-15-28-22-14-13-20(33(30,31)26(3)4)16-21(22)25-24(28)32-17-23(29)27(5)18(2)19-11-9-8-10-12-19/h8-14,16,18H,6-7,15,17H2,1-5H3. The summed E-state index contributed by atoms with van der Waals surface area (Å²) in [4.78, 5) is 19.6. The van der Waals surface area contributed by atoms with E-state index < -0.39 is 10.0 Å². The molecule has 33 heavy (non-hydrogen) atoms. The minimum Gasteiger partial charge on any atom is -0.338 e. The van der Waals surface area contributed by atoms with Crippen LogP contribution in [0.15, 0.2) is 58.6 Å². The maximum Gasteiger partial charge on any atom is 0.242 e. The first-order valence-electron chi connectivity index (χ1n) is 11.0. The third-order valence-electron chi connectivity index (χ3n) is 5.78. The third-order valence-corrected chi connectivity index (χ3v) is 8.55. The van der Waals surface area contributed by atoms with E-state index in [-0.39, 0.29) is 22.6 Å². The summed E-state index contributed by atoms with van der Waals surface area (Å²) >= 11 is 1.39. The molecule has 1 unspecified atom stereocenters. The summed E-state index contributed by atoms with van der Waals surface area (Å²) in [5.41, 5.74) is 2.58. The molecule has 0 radical (unpaired) electrons. The van der Waals surface area contributed by atoms with Gasteiger partial charge in [-0.3, -0.25) is 4.79 Å². The number of carbonyl (C=O) groups is 1. The van der Waals surface area contributed by atoms with Gasteiger partial charge in [-0.15, -0.1) is 0 Å². The number of unbranched alkanes of at least 4 members (excludes halogenated alkanes) is 1. The number of fused-ring (bicyclic) bond motifs is 1. The molecular weight excluding hydrogens is 456 g/mol. The minimum absolute atomic E-state index is 0.0151. The van der Waals surface area contributed by atoms with Gasteiger partial charge in [0.2, 0.25) is 15.9 Å². The summed E-state index contributed by atoms with van der Waals surface area (Å²) in [6, 6.07) is 15.0. The molecule has 0 fully saturated rings. The maximum atomic E-state index is 12.9. The van der Waals surface area contributed by atoms with Gasteiger partial charge in [0.05, 0.1) is 27.7 Å². The summed E-state index contributed by atoms with van der Waals surface area (Å²) < 4.78 is 28.4. The van der Waals surface area contributed by atoms with Crippen LogP contribution in [0.1, 0.15) is 38.3 Å². The first-order chi connectivity index (χ1) is 15.7. The number of sulfonamides is 1. The molecule has 0 bridgehead atoms. The van der Waals surface area contributed by atoms with Crippen LogP contribution in [-0.2, 0) is 21.4 Å². The van der Waals surface area contributed by atoms with Crippen LogP contribution in [0.5, 0.6) is 0 Å². The number of rotatable bonds is 10. The highest BCUT2D eigenvalue weighted by Gasteiger charge is 2.22. The zero-order valence-electron chi connectivity index (χ0n) is 19.9. The first-order valence-corrected chi connectivity index (χ1v) is 13.5. The molecule has 0 aliphatic rings. The molecular formula is C24H32N4O3S2. The number of nitrogens with zero attached hydrogens (tertiary/aromatic N) is 4. The Hall–Kier alpha value is -2.36. The second-order valence-electron chi connectivity index (χ2n) is 8.22. The van der Waals surface area contributed by atoms with Crippen molar-refractivity contribution in [3.63, 3.8) is 0 Å². The number of aryl methyl sites for hydroxylation is 1. The van der Waals surface area contributed by atoms with E-state index in [0.717, 1.165) is 35.6 Å². The summed E-state index contributed by atoms with van der Waals surface area (Å²) in [5.74, 6) is 0.271. The predicted octanol–water partition coefficient (Wildman–Crippen LogP) is 4.40. The Labute approximate surface area is 200 Å². The molecule has 1 aromatic heterocycles. The van der Waals surface area contributed by atoms with E-state index in [9.17, 15) is 13.2 Å². The minimum atomic E-state index is -3.55. The van der Waals surface area contributed by atoms with Gasteiger partial charge in [0.1, 0.15) is 0 Å². The van der Waals surface area contributed by atoms with E-state index in [0.29, 0.717) is 5.52 Å². The van der Waals surface area contributed by atoms with Crippen molar-refractivity contribution in [2.75, 3.05) is 26.9 Å². The van der Waals surface area contributed by atoms with Crippen LogP contribution in [0.3, 0.4) is 0 Å². The van der Waals surface area contributed by atoms with Crippen molar-refractivity contribution in [3.05, 3.63) is 54.1 Å². The number of amides is 1. The van der Waals surface area contributed by atoms with E-state index in [1.54, 1.807) is 17.0 Å². The molecule has 0 N–H and O–H groups in total. The average Bonchev–Trinajstić information content (AvgIpc) is 3.17. The lowest BCUT2D eigenvalue weighted by molar-refractivity contribution is -0.128. The van der Waals surface area contributed by atoms with E-state index in [1.165, 1.54) is 30.2 Å². The Kier molecular flexibility index (Phi) is 8.20. The Bertz CT molecular complexity index is 1210. The number of thioether (sulfide) groups is 1. The third kappa shape index (κ3) is 5.59. The molecule has 1 amide bonds. The lowest BCUT2D eigenvalue weighted by Gasteiger charge is -2.25. The van der Waals surface area contributed by atoms with Gasteiger partial charge in [-0.2, -0.15) is 0 Å². The fourth-order valence-corrected chi connectivity index (χ4v) is 5.39. The van der Waals surface area contributed by atoms with Crippen molar-refractivity contribution < 1.29 is 13.2 Å². The zero-order chi connectivity index (χ0) is 24.2. The monoisotopic (exact) mass is 488 g/mol. The summed E-state index contributed by atoms with van der Waals surface area (Å²) in [6.07, 6.45) is 1.99. The quantitative estimate of drug-likeness (QED) is 0.396. The molecule has 1 heterocycles. The average molecular weight is 489 g/mol. The van der Waals surface area contributed by atoms with Crippen LogP contribution in [0, 0.1) is 0 Å². The number of aromatic nitrogens is 2. The number of benzene rings is 2. The van der Waals surface area contributed by atoms with Gasteiger partial charge in [0.25, 0.3) is 0 Å². The van der Waals surface area contributed by atoms with Gasteiger partial charge in [0.15, 0.2) is 5.16 Å². The lowest BCUT2D eigenvalue weighted by atomic mass is 10.1. The summed E-state index contributed by atoms with van der Waals surface area (Å²) in [7, 11) is 1.30. The van der Waals surface area contributed by atoms with Gasteiger partial charge < -0.3 is 9.47 Å². The molecule has 0 aliphatic heterocycles. The van der Waals surface area contributed by atoms with E-state index in [2.05, 4.69) is 11.5 Å². The molecule has 2 aromatic carbocycles. The van der Waals surface area contributed by atoms with Crippen LogP contribution in [0.25, 0.3) is 11.0 Å². The number of hydrogen-bond acceptors (Lipinski definition) is 5. The van der Waals surface area contributed by atoms with Crippen LogP contribution < -0.4 is 0 Å². The van der Waals surface area contributed by atoms with Crippen LogP contribution >= 0.6 is 11.8 Å². The van der Waals surface area contributed by atoms with Gasteiger partial charge in [0, 0.05) is 27.7 Å². The van der Waals surface area contributed by atoms with Crippen molar-refractivity contribution in [2.24, 2.45) is 0 Å². The molecule has 7 nitrogen and oxygen atoms in total. The Morgan fingerprint density at radius 3 is 2.45 bits per heavy atom. The number of carbonyl (C=O) groups excluding carboxylic acids is 1. The van der Waals surface area contributed by atoms with Crippen molar-refractivity contribution in [3.8, 4) is 0 Å². The molecule has 3 rings (SSSR count). The van der Waals surface area contributed by atoms with Gasteiger partial charge in [-0.05, 0) is 37.1 Å². The molecule has 1 atom stereocenters. The van der Waals surface area contributed by atoms with Gasteiger partial charge in [-0.1, -0.05) is 55.4 Å². The van der Waals surface area contributed by atoms with E-state index >= 15 is 0 Å². The predicted molar refractivity (Wildman–Crippen MR) is 134 cm³/mol. The SMILES string of the molecule is CCCCn1c(SCC(=O)N(C)C(C)c2ccccc2)nc2cc(S(=O)(=O)N(C)C)ccc21. The lowest BCUT2D eigenvalue weighted by Crippen LogP contribution is -2.31. The zero-order valence-corrected chi connectivity index (χ0v) is 21.5. The van der Waals surface area contributed by atoms with E-state index in [1.807, 2.05) is 50.4 Å². The first kappa shape index (κ1) is 25.3. The highest BCUT2D eigenvalue weighted by molar-refractivity contribution is 7.99. The van der Waals surface area contributed by atoms with Gasteiger partial charge in [-0.25, -0.2) is 17.7 Å². The summed E-state index contributed by atoms with van der Waals surface area (Å²) in [6.45, 7) is 4.90. The van der Waals surface area contributed by atoms with Crippen molar-refractivity contribution in [1.29, 1.82) is 0 Å². The smallest absolute Gasteiger partial charge is 0.242 e. The van der Waals surface area contributed by atoms with Gasteiger partial charge >= 0.3 is 0 Å². The Balaban J connectivity index is 1.84. The molecule has 0 saturated heterocycles. The molecule has 178 valence electrons. The highest BCUT2D eigenvalue weighted by Crippen LogP contribution is 2.28. The van der Waals surface area contributed by atoms with Crippen LogP contribution in [0.4, 0.5) is 0 Å². The van der Waals surface area contributed by atoms with Crippen molar-refractivity contribution in [1.82, 2.24) is 18.8 Å². The fraction of sp³-hybridized carbons (Fsp3) is 0.417.